The first-order valence-corrected chi connectivity index (χ1v) is 9.38. The van der Waals surface area contributed by atoms with E-state index in [2.05, 4.69) is 45.4 Å². The van der Waals surface area contributed by atoms with Gasteiger partial charge in [0.15, 0.2) is 0 Å². The Morgan fingerprint density at radius 3 is 2.24 bits per heavy atom. The van der Waals surface area contributed by atoms with Crippen LogP contribution in [0.4, 0.5) is 11.4 Å². The number of anilines is 2. The lowest BCUT2D eigenvalue weighted by Gasteiger charge is -2.36. The van der Waals surface area contributed by atoms with E-state index < -0.39 is 0 Å². The quantitative estimate of drug-likeness (QED) is 0.485. The minimum absolute atomic E-state index is 0. The highest BCUT2D eigenvalue weighted by molar-refractivity contribution is 5.94. The first-order chi connectivity index (χ1) is 12.7. The van der Waals surface area contributed by atoms with E-state index >= 15 is 0 Å². The predicted molar refractivity (Wildman–Crippen MR) is 129 cm³/mol. The Hall–Kier alpha value is -1.66. The molecule has 0 atom stereocenters. The summed E-state index contributed by atoms with van der Waals surface area (Å²) in [6.45, 7) is 6.16. The van der Waals surface area contributed by atoms with Crippen LogP contribution in [0.5, 0.6) is 0 Å². The normalized spacial score (nSPS) is 13.4. The van der Waals surface area contributed by atoms with E-state index in [1.807, 2.05) is 0 Å². The summed E-state index contributed by atoms with van der Waals surface area (Å²) in [6.07, 6.45) is 2.09. The summed E-state index contributed by atoms with van der Waals surface area (Å²) < 4.78 is 0. The average molecular weight is 462 g/mol. The Labute approximate surface area is 192 Å². The zero-order valence-corrected chi connectivity index (χ0v) is 18.9. The lowest BCUT2D eigenvalue weighted by molar-refractivity contribution is 0.0952. The van der Waals surface area contributed by atoms with Crippen molar-refractivity contribution in [2.75, 3.05) is 49.9 Å². The number of para-hydroxylation sites is 1. The molecule has 0 radical (unpaired) electrons. The van der Waals surface area contributed by atoms with Crippen LogP contribution in [0.25, 0.3) is 0 Å². The molecule has 0 aromatic heterocycles. The second-order valence-electron chi connectivity index (χ2n) is 6.75. The topological polar surface area (TPSA) is 61.6 Å². The van der Waals surface area contributed by atoms with Gasteiger partial charge in [-0.25, -0.2) is 0 Å². The van der Waals surface area contributed by atoms with Gasteiger partial charge in [0.05, 0.1) is 0 Å². The third-order valence-electron chi connectivity index (χ3n) is 4.83. The van der Waals surface area contributed by atoms with Crippen molar-refractivity contribution >= 4 is 54.5 Å². The van der Waals surface area contributed by atoms with Gasteiger partial charge in [0.1, 0.15) is 0 Å². The zero-order valence-electron chi connectivity index (χ0n) is 16.5. The lowest BCUT2D eigenvalue weighted by atomic mass is 10.2. The second-order valence-corrected chi connectivity index (χ2v) is 6.75. The van der Waals surface area contributed by atoms with Gasteiger partial charge in [-0.2, -0.15) is 0 Å². The van der Waals surface area contributed by atoms with Crippen molar-refractivity contribution in [2.24, 2.45) is 0 Å². The number of carbonyl (C=O) groups excluding carboxylic acids is 1. The van der Waals surface area contributed by atoms with E-state index in [0.29, 0.717) is 17.8 Å². The maximum absolute atomic E-state index is 12.0. The monoisotopic (exact) mass is 460 g/mol. The number of benzene rings is 2. The SMILES string of the molecule is Cl.Cl.Cl.Nc1cccc(C(=O)NCCCCN2CCN(c3ccccc3)CC2)c1. The lowest BCUT2D eigenvalue weighted by Crippen LogP contribution is -2.46. The van der Waals surface area contributed by atoms with Gasteiger partial charge >= 0.3 is 0 Å². The van der Waals surface area contributed by atoms with Gasteiger partial charge in [-0.05, 0) is 49.7 Å². The number of carbonyl (C=O) groups is 1. The molecule has 1 aliphatic heterocycles. The van der Waals surface area contributed by atoms with E-state index in [1.54, 1.807) is 24.3 Å². The highest BCUT2D eigenvalue weighted by atomic mass is 35.5. The van der Waals surface area contributed by atoms with Crippen molar-refractivity contribution in [1.82, 2.24) is 10.2 Å². The molecule has 1 aliphatic rings. The number of unbranched alkanes of at least 4 members (excludes halogenated alkanes) is 1. The van der Waals surface area contributed by atoms with Gasteiger partial charge in [-0.15, -0.1) is 37.2 Å². The molecule has 2 aromatic carbocycles. The molecule has 1 heterocycles. The Morgan fingerprint density at radius 1 is 0.897 bits per heavy atom. The molecule has 8 heteroatoms. The molecule has 1 saturated heterocycles. The number of halogens is 3. The van der Waals surface area contributed by atoms with E-state index in [-0.39, 0.29) is 43.1 Å². The fraction of sp³-hybridized carbons (Fsp3) is 0.381. The first-order valence-electron chi connectivity index (χ1n) is 9.38. The molecule has 0 saturated carbocycles. The van der Waals surface area contributed by atoms with Crippen molar-refractivity contribution in [1.29, 1.82) is 0 Å². The van der Waals surface area contributed by atoms with Crippen molar-refractivity contribution in [3.63, 3.8) is 0 Å². The van der Waals surface area contributed by atoms with Crippen LogP contribution in [-0.4, -0.2) is 50.1 Å². The number of amides is 1. The van der Waals surface area contributed by atoms with Gasteiger partial charge in [0.2, 0.25) is 0 Å². The number of nitrogens with zero attached hydrogens (tertiary/aromatic N) is 2. The number of nitrogens with one attached hydrogen (secondary N) is 1. The first kappa shape index (κ1) is 27.3. The van der Waals surface area contributed by atoms with E-state index in [4.69, 9.17) is 5.73 Å². The third-order valence-corrected chi connectivity index (χ3v) is 4.83. The van der Waals surface area contributed by atoms with E-state index in [9.17, 15) is 4.79 Å². The number of hydrogen-bond acceptors (Lipinski definition) is 4. The van der Waals surface area contributed by atoms with Crippen LogP contribution in [0.3, 0.4) is 0 Å². The average Bonchev–Trinajstić information content (AvgIpc) is 2.69. The summed E-state index contributed by atoms with van der Waals surface area (Å²) >= 11 is 0. The van der Waals surface area contributed by atoms with Gasteiger partial charge in [-0.1, -0.05) is 24.3 Å². The molecule has 1 fully saturated rings. The molecule has 0 unspecified atom stereocenters. The zero-order chi connectivity index (χ0) is 18.2. The van der Waals surface area contributed by atoms with Crippen molar-refractivity contribution < 1.29 is 4.79 Å². The summed E-state index contributed by atoms with van der Waals surface area (Å²) in [5, 5.41) is 2.97. The fourth-order valence-corrected chi connectivity index (χ4v) is 3.31. The van der Waals surface area contributed by atoms with Crippen LogP contribution >= 0.6 is 37.2 Å². The molecule has 0 spiro atoms. The third kappa shape index (κ3) is 8.70. The summed E-state index contributed by atoms with van der Waals surface area (Å²) in [4.78, 5) is 17.0. The minimum atomic E-state index is -0.0474. The maximum Gasteiger partial charge on any atom is 0.251 e. The molecule has 162 valence electrons. The van der Waals surface area contributed by atoms with Gasteiger partial charge in [0.25, 0.3) is 5.91 Å². The number of rotatable bonds is 7. The Kier molecular flexibility index (Phi) is 13.5. The summed E-state index contributed by atoms with van der Waals surface area (Å²) in [5.41, 5.74) is 8.27. The van der Waals surface area contributed by atoms with E-state index in [1.165, 1.54) is 5.69 Å². The van der Waals surface area contributed by atoms with Crippen LogP contribution in [0, 0.1) is 0 Å². The van der Waals surface area contributed by atoms with Crippen LogP contribution in [0.1, 0.15) is 23.2 Å². The predicted octanol–water partition coefficient (Wildman–Crippen LogP) is 3.87. The Bertz CT molecular complexity index is 710. The summed E-state index contributed by atoms with van der Waals surface area (Å²) in [5.74, 6) is -0.0474. The fourth-order valence-electron chi connectivity index (χ4n) is 3.31. The number of hydrogen-bond donors (Lipinski definition) is 2. The molecule has 3 rings (SSSR count). The highest BCUT2D eigenvalue weighted by Crippen LogP contribution is 2.15. The minimum Gasteiger partial charge on any atom is -0.399 e. The van der Waals surface area contributed by atoms with Crippen molar-refractivity contribution in [3.8, 4) is 0 Å². The molecular formula is C21H31Cl3N4O. The molecule has 29 heavy (non-hydrogen) atoms. The number of nitrogens with two attached hydrogens (primary N) is 1. The van der Waals surface area contributed by atoms with Crippen LogP contribution < -0.4 is 16.0 Å². The van der Waals surface area contributed by atoms with Crippen molar-refractivity contribution in [2.45, 2.75) is 12.8 Å². The molecular weight excluding hydrogens is 431 g/mol. The standard InChI is InChI=1S/C21H28N4O.3ClH/c22-19-8-6-7-18(17-19)21(26)23-11-4-5-12-24-13-15-25(16-14-24)20-9-2-1-3-10-20;;;/h1-3,6-10,17H,4-5,11-16,22H2,(H,23,26);3*1H. The molecule has 0 aliphatic carbocycles. The number of piperazine rings is 1. The maximum atomic E-state index is 12.0. The second kappa shape index (κ2) is 14.3. The Balaban J connectivity index is 0.00000261. The van der Waals surface area contributed by atoms with Crippen LogP contribution in [0.15, 0.2) is 54.6 Å². The molecule has 2 aromatic rings. The van der Waals surface area contributed by atoms with Crippen LogP contribution in [-0.2, 0) is 0 Å². The van der Waals surface area contributed by atoms with E-state index in [0.717, 1.165) is 45.6 Å². The molecule has 1 amide bonds. The molecule has 0 bridgehead atoms. The summed E-state index contributed by atoms with van der Waals surface area (Å²) in [7, 11) is 0. The molecule has 5 nitrogen and oxygen atoms in total. The smallest absolute Gasteiger partial charge is 0.251 e. The van der Waals surface area contributed by atoms with Crippen LogP contribution in [0.2, 0.25) is 0 Å². The Morgan fingerprint density at radius 2 is 1.59 bits per heavy atom. The molecule has 3 N–H and O–H groups in total. The van der Waals surface area contributed by atoms with Gasteiger partial charge in [0, 0.05) is 49.7 Å². The van der Waals surface area contributed by atoms with Gasteiger partial charge < -0.3 is 16.0 Å². The highest BCUT2D eigenvalue weighted by Gasteiger charge is 2.16. The number of nitrogen functional groups attached to an aromatic ring is 1. The van der Waals surface area contributed by atoms with Gasteiger partial charge in [-0.3, -0.25) is 9.69 Å². The largest absolute Gasteiger partial charge is 0.399 e. The summed E-state index contributed by atoms with van der Waals surface area (Å²) in [6, 6.07) is 17.7. The van der Waals surface area contributed by atoms with Crippen molar-refractivity contribution in [3.05, 3.63) is 60.2 Å².